The van der Waals surface area contributed by atoms with Crippen molar-refractivity contribution in [2.45, 2.75) is 6.42 Å². The molecule has 0 aromatic heterocycles. The SMILES string of the molecule is CN(CNN)c1ccc2c(c1)CCO2. The molecule has 0 atom stereocenters. The molecule has 0 spiro atoms. The lowest BCUT2D eigenvalue weighted by Gasteiger charge is -2.18. The molecule has 2 rings (SSSR count). The van der Waals surface area contributed by atoms with Gasteiger partial charge in [0.25, 0.3) is 0 Å². The summed E-state index contributed by atoms with van der Waals surface area (Å²) in [6.07, 6.45) is 1.01. The topological polar surface area (TPSA) is 50.5 Å². The van der Waals surface area contributed by atoms with E-state index in [1.54, 1.807) is 0 Å². The monoisotopic (exact) mass is 193 g/mol. The molecule has 0 unspecified atom stereocenters. The predicted octanol–water partition coefficient (Wildman–Crippen LogP) is 0.478. The van der Waals surface area contributed by atoms with Crippen LogP contribution in [0, 0.1) is 0 Å². The fourth-order valence-corrected chi connectivity index (χ4v) is 1.64. The van der Waals surface area contributed by atoms with Gasteiger partial charge < -0.3 is 9.64 Å². The van der Waals surface area contributed by atoms with Crippen LogP contribution in [-0.4, -0.2) is 20.3 Å². The van der Waals surface area contributed by atoms with Gasteiger partial charge in [-0.2, -0.15) is 0 Å². The zero-order valence-corrected chi connectivity index (χ0v) is 8.29. The van der Waals surface area contributed by atoms with Crippen LogP contribution < -0.4 is 20.9 Å². The number of rotatable bonds is 3. The number of nitrogens with two attached hydrogens (primary N) is 1. The third-order valence-electron chi connectivity index (χ3n) is 2.44. The zero-order chi connectivity index (χ0) is 9.97. The van der Waals surface area contributed by atoms with Crippen LogP contribution in [0.1, 0.15) is 5.56 Å². The Morgan fingerprint density at radius 1 is 1.57 bits per heavy atom. The largest absolute Gasteiger partial charge is 0.493 e. The molecule has 3 N–H and O–H groups in total. The van der Waals surface area contributed by atoms with Crippen molar-refractivity contribution in [1.29, 1.82) is 0 Å². The Kier molecular flexibility index (Phi) is 2.56. The van der Waals surface area contributed by atoms with Crippen molar-refractivity contribution < 1.29 is 4.74 Å². The van der Waals surface area contributed by atoms with Gasteiger partial charge in [0.1, 0.15) is 5.75 Å². The molecule has 0 fully saturated rings. The molecule has 1 aliphatic rings. The van der Waals surface area contributed by atoms with E-state index in [-0.39, 0.29) is 0 Å². The van der Waals surface area contributed by atoms with Gasteiger partial charge in [0.2, 0.25) is 0 Å². The molecule has 0 radical (unpaired) electrons. The third-order valence-corrected chi connectivity index (χ3v) is 2.44. The van der Waals surface area contributed by atoms with Crippen LogP contribution in [0.5, 0.6) is 5.75 Å². The number of hydrazine groups is 1. The molecule has 14 heavy (non-hydrogen) atoms. The number of nitrogens with zero attached hydrogens (tertiary/aromatic N) is 1. The number of hydrogen-bond donors (Lipinski definition) is 2. The summed E-state index contributed by atoms with van der Waals surface area (Å²) in [5.74, 6) is 6.28. The van der Waals surface area contributed by atoms with E-state index in [1.807, 2.05) is 19.2 Å². The van der Waals surface area contributed by atoms with Gasteiger partial charge in [0.05, 0.1) is 13.3 Å². The summed E-state index contributed by atoms with van der Waals surface area (Å²) in [4.78, 5) is 2.05. The fraction of sp³-hybridized carbons (Fsp3) is 0.400. The summed E-state index contributed by atoms with van der Waals surface area (Å²) in [7, 11) is 2.00. The van der Waals surface area contributed by atoms with Gasteiger partial charge >= 0.3 is 0 Å². The minimum Gasteiger partial charge on any atom is -0.493 e. The summed E-state index contributed by atoms with van der Waals surface area (Å²) in [6, 6.07) is 6.21. The lowest BCUT2D eigenvalue weighted by atomic mass is 10.1. The molecular weight excluding hydrogens is 178 g/mol. The van der Waals surface area contributed by atoms with Crippen molar-refractivity contribution in [3.8, 4) is 5.75 Å². The van der Waals surface area contributed by atoms with Crippen LogP contribution in [0.25, 0.3) is 0 Å². The number of fused-ring (bicyclic) bond motifs is 1. The second-order valence-electron chi connectivity index (χ2n) is 3.45. The van der Waals surface area contributed by atoms with E-state index in [0.717, 1.165) is 24.5 Å². The molecule has 4 nitrogen and oxygen atoms in total. The molecular formula is C10H15N3O. The van der Waals surface area contributed by atoms with E-state index in [0.29, 0.717) is 6.67 Å². The highest BCUT2D eigenvalue weighted by Gasteiger charge is 2.12. The average Bonchev–Trinajstić information content (AvgIpc) is 2.64. The minimum atomic E-state index is 0.639. The number of ether oxygens (including phenoxy) is 1. The Balaban J connectivity index is 2.19. The van der Waals surface area contributed by atoms with Gasteiger partial charge in [-0.05, 0) is 23.8 Å². The average molecular weight is 193 g/mol. The van der Waals surface area contributed by atoms with Crippen LogP contribution in [0.3, 0.4) is 0 Å². The Morgan fingerprint density at radius 2 is 2.43 bits per heavy atom. The lowest BCUT2D eigenvalue weighted by molar-refractivity contribution is 0.357. The highest BCUT2D eigenvalue weighted by Crippen LogP contribution is 2.28. The lowest BCUT2D eigenvalue weighted by Crippen LogP contribution is -2.35. The van der Waals surface area contributed by atoms with E-state index >= 15 is 0 Å². The molecule has 0 bridgehead atoms. The number of hydrogen-bond acceptors (Lipinski definition) is 4. The van der Waals surface area contributed by atoms with E-state index in [1.165, 1.54) is 5.56 Å². The van der Waals surface area contributed by atoms with Crippen molar-refractivity contribution in [3.63, 3.8) is 0 Å². The van der Waals surface area contributed by atoms with Crippen molar-refractivity contribution in [2.24, 2.45) is 5.84 Å². The maximum atomic E-state index is 5.43. The van der Waals surface area contributed by atoms with Gasteiger partial charge in [-0.15, -0.1) is 0 Å². The molecule has 0 aliphatic carbocycles. The van der Waals surface area contributed by atoms with Crippen molar-refractivity contribution in [2.75, 3.05) is 25.2 Å². The molecule has 0 saturated heterocycles. The van der Waals surface area contributed by atoms with Crippen LogP contribution >= 0.6 is 0 Å². The van der Waals surface area contributed by atoms with Crippen LogP contribution in [-0.2, 0) is 6.42 Å². The molecule has 1 aromatic carbocycles. The van der Waals surface area contributed by atoms with Crippen molar-refractivity contribution in [3.05, 3.63) is 23.8 Å². The third kappa shape index (κ3) is 1.66. The Hall–Kier alpha value is -1.26. The van der Waals surface area contributed by atoms with E-state index < -0.39 is 0 Å². The molecule has 1 aromatic rings. The Morgan fingerprint density at radius 3 is 3.21 bits per heavy atom. The van der Waals surface area contributed by atoms with Crippen LogP contribution in [0.15, 0.2) is 18.2 Å². The highest BCUT2D eigenvalue weighted by atomic mass is 16.5. The normalized spacial score (nSPS) is 13.6. The number of nitrogens with one attached hydrogen (secondary N) is 1. The summed E-state index contributed by atoms with van der Waals surface area (Å²) in [6.45, 7) is 1.44. The minimum absolute atomic E-state index is 0.639. The van der Waals surface area contributed by atoms with Gasteiger partial charge in [-0.3, -0.25) is 5.84 Å². The number of benzene rings is 1. The maximum Gasteiger partial charge on any atom is 0.122 e. The number of anilines is 1. The first kappa shape index (κ1) is 9.30. The molecule has 0 saturated carbocycles. The van der Waals surface area contributed by atoms with E-state index in [2.05, 4.69) is 16.4 Å². The zero-order valence-electron chi connectivity index (χ0n) is 8.29. The summed E-state index contributed by atoms with van der Waals surface area (Å²) in [5, 5.41) is 0. The maximum absolute atomic E-state index is 5.43. The summed E-state index contributed by atoms with van der Waals surface area (Å²) in [5.41, 5.74) is 5.07. The quantitative estimate of drug-likeness (QED) is 0.416. The van der Waals surface area contributed by atoms with Crippen LogP contribution in [0.2, 0.25) is 0 Å². The first-order valence-electron chi connectivity index (χ1n) is 4.71. The second kappa shape index (κ2) is 3.86. The van der Waals surface area contributed by atoms with E-state index in [4.69, 9.17) is 10.6 Å². The first-order valence-corrected chi connectivity index (χ1v) is 4.71. The van der Waals surface area contributed by atoms with Gasteiger partial charge in [-0.25, -0.2) is 5.43 Å². The van der Waals surface area contributed by atoms with Crippen LogP contribution in [0.4, 0.5) is 5.69 Å². The highest BCUT2D eigenvalue weighted by molar-refractivity contribution is 5.53. The summed E-state index contributed by atoms with van der Waals surface area (Å²) < 4.78 is 5.43. The van der Waals surface area contributed by atoms with Gasteiger partial charge in [-0.1, -0.05) is 0 Å². The molecule has 4 heteroatoms. The van der Waals surface area contributed by atoms with Crippen molar-refractivity contribution in [1.82, 2.24) is 5.43 Å². The van der Waals surface area contributed by atoms with Gasteiger partial charge in [0, 0.05) is 19.2 Å². The molecule has 76 valence electrons. The summed E-state index contributed by atoms with van der Waals surface area (Å²) >= 11 is 0. The Labute approximate surface area is 83.6 Å². The molecule has 1 heterocycles. The van der Waals surface area contributed by atoms with Gasteiger partial charge in [0.15, 0.2) is 0 Å². The predicted molar refractivity (Wildman–Crippen MR) is 56.2 cm³/mol. The smallest absolute Gasteiger partial charge is 0.122 e. The molecule has 1 aliphatic heterocycles. The Bertz CT molecular complexity index is 327. The fourth-order valence-electron chi connectivity index (χ4n) is 1.64. The standard InChI is InChI=1S/C10H15N3O/c1-13(7-12-11)9-2-3-10-8(6-9)4-5-14-10/h2-3,6,12H,4-5,7,11H2,1H3. The van der Waals surface area contributed by atoms with Crippen molar-refractivity contribution >= 4 is 5.69 Å². The first-order chi connectivity index (χ1) is 6.81. The second-order valence-corrected chi connectivity index (χ2v) is 3.45. The van der Waals surface area contributed by atoms with E-state index in [9.17, 15) is 0 Å². The molecule has 0 amide bonds.